The van der Waals surface area contributed by atoms with Gasteiger partial charge in [-0.3, -0.25) is 0 Å². The molecule has 0 unspecified atom stereocenters. The van der Waals surface area contributed by atoms with Crippen LogP contribution in [0.25, 0.3) is 0 Å². The predicted molar refractivity (Wildman–Crippen MR) is 48.5 cm³/mol. The maximum absolute atomic E-state index is 5.42. The highest BCUT2D eigenvalue weighted by atomic mass is 15.5. The lowest BCUT2D eigenvalue weighted by molar-refractivity contribution is 0.458. The van der Waals surface area contributed by atoms with Gasteiger partial charge in [-0.25, -0.2) is 0 Å². The first kappa shape index (κ1) is 9.03. The number of nitrogens with zero attached hydrogens (tertiary/aromatic N) is 3. The van der Waals surface area contributed by atoms with Gasteiger partial charge in [0.1, 0.15) is 0 Å². The molecule has 0 bridgehead atoms. The van der Waals surface area contributed by atoms with Crippen molar-refractivity contribution in [1.29, 1.82) is 0 Å². The number of nitrogens with two attached hydrogens (primary N) is 1. The van der Waals surface area contributed by atoms with Crippen LogP contribution in [-0.4, -0.2) is 15.0 Å². The van der Waals surface area contributed by atoms with E-state index in [4.69, 9.17) is 5.73 Å². The van der Waals surface area contributed by atoms with Gasteiger partial charge >= 0.3 is 0 Å². The SMILES string of the molecule is CC(C)CCCn1ncc(N)n1. The highest BCUT2D eigenvalue weighted by Crippen LogP contribution is 2.04. The molecule has 0 radical (unpaired) electrons. The smallest absolute Gasteiger partial charge is 0.165 e. The number of rotatable bonds is 4. The number of hydrogen-bond acceptors (Lipinski definition) is 3. The fourth-order valence-corrected chi connectivity index (χ4v) is 1.06. The van der Waals surface area contributed by atoms with Crippen molar-refractivity contribution in [2.75, 3.05) is 5.73 Å². The van der Waals surface area contributed by atoms with Crippen LogP contribution in [0.1, 0.15) is 26.7 Å². The van der Waals surface area contributed by atoms with Gasteiger partial charge in [-0.2, -0.15) is 9.90 Å². The van der Waals surface area contributed by atoms with Crippen LogP contribution in [0.2, 0.25) is 0 Å². The Labute approximate surface area is 72.8 Å². The van der Waals surface area contributed by atoms with Crippen molar-refractivity contribution in [2.45, 2.75) is 33.2 Å². The van der Waals surface area contributed by atoms with Gasteiger partial charge in [0.05, 0.1) is 12.7 Å². The standard InChI is InChI=1S/C8H16N4/c1-7(2)4-3-5-12-10-6-8(9)11-12/h6-7H,3-5H2,1-2H3,(H2,9,11). The van der Waals surface area contributed by atoms with Crippen LogP contribution in [0.3, 0.4) is 0 Å². The second kappa shape index (κ2) is 4.09. The van der Waals surface area contributed by atoms with Crippen molar-refractivity contribution < 1.29 is 0 Å². The molecular formula is C8H16N4. The second-order valence-electron chi connectivity index (χ2n) is 3.40. The Kier molecular flexibility index (Phi) is 3.08. The number of anilines is 1. The lowest BCUT2D eigenvalue weighted by Gasteiger charge is -2.02. The lowest BCUT2D eigenvalue weighted by atomic mass is 10.1. The summed E-state index contributed by atoms with van der Waals surface area (Å²) >= 11 is 0. The van der Waals surface area contributed by atoms with Crippen molar-refractivity contribution in [3.8, 4) is 0 Å². The van der Waals surface area contributed by atoms with E-state index in [-0.39, 0.29) is 0 Å². The van der Waals surface area contributed by atoms with Crippen molar-refractivity contribution >= 4 is 5.82 Å². The molecule has 0 fully saturated rings. The Morgan fingerprint density at radius 1 is 1.58 bits per heavy atom. The van der Waals surface area contributed by atoms with Crippen LogP contribution < -0.4 is 5.73 Å². The third kappa shape index (κ3) is 2.90. The molecule has 2 N–H and O–H groups in total. The maximum Gasteiger partial charge on any atom is 0.165 e. The molecule has 1 rings (SSSR count). The van der Waals surface area contributed by atoms with Gasteiger partial charge in [0, 0.05) is 0 Å². The summed E-state index contributed by atoms with van der Waals surface area (Å²) in [5, 5.41) is 7.98. The zero-order valence-corrected chi connectivity index (χ0v) is 7.70. The zero-order valence-electron chi connectivity index (χ0n) is 7.70. The van der Waals surface area contributed by atoms with Crippen LogP contribution >= 0.6 is 0 Å². The first-order chi connectivity index (χ1) is 5.68. The molecule has 0 aliphatic rings. The minimum atomic E-state index is 0.500. The van der Waals surface area contributed by atoms with Gasteiger partial charge < -0.3 is 5.73 Å². The Hall–Kier alpha value is -1.06. The molecule has 1 aromatic heterocycles. The Morgan fingerprint density at radius 2 is 2.33 bits per heavy atom. The van der Waals surface area contributed by atoms with Gasteiger partial charge in [-0.05, 0) is 18.8 Å². The molecule has 0 atom stereocenters. The van der Waals surface area contributed by atoms with E-state index >= 15 is 0 Å². The summed E-state index contributed by atoms with van der Waals surface area (Å²) in [7, 11) is 0. The first-order valence-corrected chi connectivity index (χ1v) is 4.34. The van der Waals surface area contributed by atoms with Crippen molar-refractivity contribution in [3.63, 3.8) is 0 Å². The van der Waals surface area contributed by atoms with Crippen LogP contribution in [0, 0.1) is 5.92 Å². The van der Waals surface area contributed by atoms with E-state index in [0.29, 0.717) is 5.82 Å². The normalized spacial score (nSPS) is 10.9. The number of aromatic nitrogens is 3. The molecule has 1 heterocycles. The largest absolute Gasteiger partial charge is 0.381 e. The molecule has 0 aromatic carbocycles. The molecule has 0 amide bonds. The summed E-state index contributed by atoms with van der Waals surface area (Å²) in [5.74, 6) is 1.25. The van der Waals surface area contributed by atoms with E-state index in [1.54, 1.807) is 11.0 Å². The van der Waals surface area contributed by atoms with Gasteiger partial charge in [0.2, 0.25) is 0 Å². The first-order valence-electron chi connectivity index (χ1n) is 4.34. The predicted octanol–water partition coefficient (Wildman–Crippen LogP) is 1.30. The molecule has 68 valence electrons. The van der Waals surface area contributed by atoms with E-state index in [1.807, 2.05) is 0 Å². The van der Waals surface area contributed by atoms with Gasteiger partial charge in [0.25, 0.3) is 0 Å². The van der Waals surface area contributed by atoms with Gasteiger partial charge in [-0.1, -0.05) is 13.8 Å². The highest BCUT2D eigenvalue weighted by Gasteiger charge is 1.97. The number of hydrogen-bond donors (Lipinski definition) is 1. The van der Waals surface area contributed by atoms with Crippen LogP contribution in [0.4, 0.5) is 5.82 Å². The van der Waals surface area contributed by atoms with E-state index in [2.05, 4.69) is 24.0 Å². The van der Waals surface area contributed by atoms with E-state index in [9.17, 15) is 0 Å². The molecule has 0 saturated carbocycles. The maximum atomic E-state index is 5.42. The Bertz CT molecular complexity index is 229. The number of nitrogen functional groups attached to an aromatic ring is 1. The van der Waals surface area contributed by atoms with Crippen molar-refractivity contribution in [3.05, 3.63) is 6.20 Å². The average Bonchev–Trinajstić information content (AvgIpc) is 2.35. The van der Waals surface area contributed by atoms with E-state index in [0.717, 1.165) is 18.9 Å². The molecular weight excluding hydrogens is 152 g/mol. The van der Waals surface area contributed by atoms with Crippen LogP contribution in [-0.2, 0) is 6.54 Å². The van der Waals surface area contributed by atoms with Crippen LogP contribution in [0.5, 0.6) is 0 Å². The third-order valence-corrected chi connectivity index (χ3v) is 1.69. The summed E-state index contributed by atoms with van der Waals surface area (Å²) in [6.07, 6.45) is 3.91. The summed E-state index contributed by atoms with van der Waals surface area (Å²) in [6.45, 7) is 5.30. The van der Waals surface area contributed by atoms with Gasteiger partial charge in [0.15, 0.2) is 5.82 Å². The molecule has 0 aliphatic carbocycles. The summed E-state index contributed by atoms with van der Waals surface area (Å²) in [5.41, 5.74) is 5.42. The third-order valence-electron chi connectivity index (χ3n) is 1.69. The van der Waals surface area contributed by atoms with E-state index < -0.39 is 0 Å². The summed E-state index contributed by atoms with van der Waals surface area (Å²) < 4.78 is 0. The molecule has 1 aromatic rings. The Morgan fingerprint density at radius 3 is 2.83 bits per heavy atom. The quantitative estimate of drug-likeness (QED) is 0.737. The molecule has 0 spiro atoms. The van der Waals surface area contributed by atoms with Crippen LogP contribution in [0.15, 0.2) is 6.20 Å². The molecule has 0 saturated heterocycles. The van der Waals surface area contributed by atoms with Gasteiger partial charge in [-0.15, -0.1) is 5.10 Å². The molecule has 4 heteroatoms. The second-order valence-corrected chi connectivity index (χ2v) is 3.40. The summed E-state index contributed by atoms with van der Waals surface area (Å²) in [6, 6.07) is 0. The average molecular weight is 168 g/mol. The Balaban J connectivity index is 2.24. The number of aryl methyl sites for hydroxylation is 1. The highest BCUT2D eigenvalue weighted by molar-refractivity contribution is 5.19. The fraction of sp³-hybridized carbons (Fsp3) is 0.750. The van der Waals surface area contributed by atoms with Crippen molar-refractivity contribution in [1.82, 2.24) is 15.0 Å². The van der Waals surface area contributed by atoms with Crippen molar-refractivity contribution in [2.24, 2.45) is 5.92 Å². The topological polar surface area (TPSA) is 56.7 Å². The molecule has 12 heavy (non-hydrogen) atoms. The molecule has 0 aliphatic heterocycles. The molecule has 4 nitrogen and oxygen atoms in total. The monoisotopic (exact) mass is 168 g/mol. The minimum absolute atomic E-state index is 0.500. The minimum Gasteiger partial charge on any atom is -0.381 e. The fourth-order valence-electron chi connectivity index (χ4n) is 1.06. The summed E-state index contributed by atoms with van der Waals surface area (Å²) in [4.78, 5) is 1.65. The van der Waals surface area contributed by atoms with E-state index in [1.165, 1.54) is 6.42 Å². The lowest BCUT2D eigenvalue weighted by Crippen LogP contribution is -2.03. The zero-order chi connectivity index (χ0) is 8.97.